The highest BCUT2D eigenvalue weighted by atomic mass is 35.5. The van der Waals surface area contributed by atoms with Crippen molar-refractivity contribution in [1.29, 1.82) is 0 Å². The van der Waals surface area contributed by atoms with E-state index < -0.39 is 0 Å². The average molecular weight is 384 g/mol. The minimum Gasteiger partial charge on any atom is -0.352 e. The van der Waals surface area contributed by atoms with E-state index in [1.165, 1.54) is 6.20 Å². The van der Waals surface area contributed by atoms with Crippen molar-refractivity contribution < 1.29 is 4.79 Å². The number of hydrogen-bond acceptors (Lipinski definition) is 6. The summed E-state index contributed by atoms with van der Waals surface area (Å²) in [6, 6.07) is 7.28. The van der Waals surface area contributed by atoms with Crippen LogP contribution < -0.4 is 4.90 Å². The van der Waals surface area contributed by atoms with Gasteiger partial charge in [-0.2, -0.15) is 4.52 Å². The van der Waals surface area contributed by atoms with Crippen LogP contribution in [0.2, 0.25) is 5.15 Å². The van der Waals surface area contributed by atoms with Crippen LogP contribution in [0.15, 0.2) is 30.5 Å². The van der Waals surface area contributed by atoms with Gasteiger partial charge in [0.15, 0.2) is 11.5 Å². The Kier molecular flexibility index (Phi) is 3.93. The Bertz CT molecular complexity index is 991. The lowest BCUT2D eigenvalue weighted by Crippen LogP contribution is -2.49. The van der Waals surface area contributed by atoms with Crippen LogP contribution in [-0.4, -0.2) is 61.8 Å². The summed E-state index contributed by atoms with van der Waals surface area (Å²) in [6.07, 6.45) is 3.85. The highest BCUT2D eigenvalue weighted by Gasteiger charge is 2.30. The van der Waals surface area contributed by atoms with Crippen LogP contribution in [0.1, 0.15) is 34.9 Å². The largest absolute Gasteiger partial charge is 0.352 e. The summed E-state index contributed by atoms with van der Waals surface area (Å²) in [5.41, 5.74) is 1.34. The smallest absolute Gasteiger partial charge is 0.255 e. The third-order valence-corrected chi connectivity index (χ3v) is 5.30. The van der Waals surface area contributed by atoms with Crippen molar-refractivity contribution in [2.45, 2.75) is 18.8 Å². The van der Waals surface area contributed by atoms with Crippen molar-refractivity contribution in [3.05, 3.63) is 47.0 Å². The molecule has 1 amide bonds. The van der Waals surface area contributed by atoms with Gasteiger partial charge in [0.25, 0.3) is 5.91 Å². The predicted octanol–water partition coefficient (Wildman–Crippen LogP) is 2.01. The van der Waals surface area contributed by atoms with Crippen molar-refractivity contribution in [1.82, 2.24) is 29.7 Å². The van der Waals surface area contributed by atoms with E-state index in [-0.39, 0.29) is 5.91 Å². The van der Waals surface area contributed by atoms with Gasteiger partial charge in [0.2, 0.25) is 0 Å². The molecule has 0 bridgehead atoms. The van der Waals surface area contributed by atoms with Crippen molar-refractivity contribution in [2.75, 3.05) is 31.1 Å². The van der Waals surface area contributed by atoms with Gasteiger partial charge in [0.05, 0.1) is 5.56 Å². The van der Waals surface area contributed by atoms with E-state index >= 15 is 0 Å². The lowest BCUT2D eigenvalue weighted by molar-refractivity contribution is 0.0746. The molecule has 8 nitrogen and oxygen atoms in total. The highest BCUT2D eigenvalue weighted by Crippen LogP contribution is 2.38. The number of amides is 1. The molecule has 27 heavy (non-hydrogen) atoms. The van der Waals surface area contributed by atoms with Gasteiger partial charge in [-0.05, 0) is 37.1 Å². The molecule has 9 heteroatoms. The van der Waals surface area contributed by atoms with Crippen molar-refractivity contribution >= 4 is 29.0 Å². The lowest BCUT2D eigenvalue weighted by atomic mass is 10.2. The maximum Gasteiger partial charge on any atom is 0.255 e. The van der Waals surface area contributed by atoms with Gasteiger partial charge in [0, 0.05) is 38.3 Å². The second-order valence-electron chi connectivity index (χ2n) is 6.94. The number of carbonyl (C=O) groups excluding carboxylic acids is 1. The number of hydrogen-bond donors (Lipinski definition) is 0. The molecule has 2 aliphatic rings. The molecule has 0 atom stereocenters. The van der Waals surface area contributed by atoms with Gasteiger partial charge >= 0.3 is 0 Å². The number of halogens is 1. The van der Waals surface area contributed by atoms with Crippen molar-refractivity contribution in [3.8, 4) is 0 Å². The maximum absolute atomic E-state index is 12.6. The second-order valence-corrected chi connectivity index (χ2v) is 7.33. The van der Waals surface area contributed by atoms with Crippen LogP contribution in [0.5, 0.6) is 0 Å². The van der Waals surface area contributed by atoms with E-state index in [2.05, 4.69) is 20.1 Å². The summed E-state index contributed by atoms with van der Waals surface area (Å²) < 4.78 is 1.86. The Labute approximate surface area is 160 Å². The van der Waals surface area contributed by atoms with E-state index in [9.17, 15) is 4.79 Å². The molecule has 0 spiro atoms. The summed E-state index contributed by atoms with van der Waals surface area (Å²) in [4.78, 5) is 20.6. The SMILES string of the molecule is O=C(c1ccc(Cl)nc1)N1CCN(c2ccc3nnc(C4CC4)n3n2)CC1. The van der Waals surface area contributed by atoms with Crippen LogP contribution in [0, 0.1) is 0 Å². The Morgan fingerprint density at radius 3 is 2.56 bits per heavy atom. The first kappa shape index (κ1) is 16.4. The molecular formula is C18H18ClN7O. The molecule has 3 aromatic heterocycles. The minimum atomic E-state index is -0.0166. The number of fused-ring (bicyclic) bond motifs is 1. The van der Waals surface area contributed by atoms with Crippen LogP contribution in [-0.2, 0) is 0 Å². The van der Waals surface area contributed by atoms with Crippen molar-refractivity contribution in [2.24, 2.45) is 0 Å². The first-order valence-electron chi connectivity index (χ1n) is 9.07. The van der Waals surface area contributed by atoms with Crippen LogP contribution in [0.4, 0.5) is 5.82 Å². The topological polar surface area (TPSA) is 79.5 Å². The lowest BCUT2D eigenvalue weighted by Gasteiger charge is -2.35. The molecule has 0 aromatic carbocycles. The molecule has 1 saturated carbocycles. The Hall–Kier alpha value is -2.74. The Balaban J connectivity index is 1.30. The Morgan fingerprint density at radius 1 is 1.04 bits per heavy atom. The van der Waals surface area contributed by atoms with Gasteiger partial charge in [-0.15, -0.1) is 15.3 Å². The number of anilines is 1. The first-order valence-corrected chi connectivity index (χ1v) is 9.45. The summed E-state index contributed by atoms with van der Waals surface area (Å²) in [5, 5.41) is 13.6. The molecule has 0 unspecified atom stereocenters. The zero-order valence-corrected chi connectivity index (χ0v) is 15.4. The number of nitrogens with zero attached hydrogens (tertiary/aromatic N) is 7. The molecule has 1 saturated heterocycles. The fourth-order valence-corrected chi connectivity index (χ4v) is 3.50. The molecule has 4 heterocycles. The molecular weight excluding hydrogens is 366 g/mol. The van der Waals surface area contributed by atoms with Gasteiger partial charge in [-0.3, -0.25) is 4.79 Å². The van der Waals surface area contributed by atoms with Crippen LogP contribution >= 0.6 is 11.6 Å². The number of aromatic nitrogens is 5. The van der Waals surface area contributed by atoms with Crippen LogP contribution in [0.25, 0.3) is 5.65 Å². The quantitative estimate of drug-likeness (QED) is 0.644. The van der Waals surface area contributed by atoms with E-state index in [4.69, 9.17) is 16.7 Å². The van der Waals surface area contributed by atoms with E-state index in [1.807, 2.05) is 21.5 Å². The third-order valence-electron chi connectivity index (χ3n) is 5.08. The zero-order valence-electron chi connectivity index (χ0n) is 14.6. The van der Waals surface area contributed by atoms with Gasteiger partial charge in [-0.1, -0.05) is 11.6 Å². The Morgan fingerprint density at radius 2 is 1.85 bits per heavy atom. The summed E-state index contributed by atoms with van der Waals surface area (Å²) >= 11 is 5.80. The molecule has 2 fully saturated rings. The molecule has 138 valence electrons. The van der Waals surface area contributed by atoms with E-state index in [0.29, 0.717) is 29.7 Å². The monoisotopic (exact) mass is 383 g/mol. The number of piperazine rings is 1. The second kappa shape index (κ2) is 6.45. The summed E-state index contributed by atoms with van der Waals surface area (Å²) in [6.45, 7) is 2.73. The fraction of sp³-hybridized carbons (Fsp3) is 0.389. The average Bonchev–Trinajstić information content (AvgIpc) is 3.47. The third kappa shape index (κ3) is 3.10. The maximum atomic E-state index is 12.6. The molecule has 0 radical (unpaired) electrons. The zero-order chi connectivity index (χ0) is 18.4. The normalized spacial score (nSPS) is 17.5. The molecule has 1 aliphatic heterocycles. The van der Waals surface area contributed by atoms with Gasteiger partial charge in [-0.25, -0.2) is 4.98 Å². The van der Waals surface area contributed by atoms with E-state index in [0.717, 1.165) is 43.2 Å². The molecule has 3 aromatic rings. The van der Waals surface area contributed by atoms with Crippen molar-refractivity contribution in [3.63, 3.8) is 0 Å². The standard InChI is InChI=1S/C18H18ClN7O/c19-14-4-3-13(11-20-14)18(27)25-9-7-24(8-10-25)16-6-5-15-21-22-17(12-1-2-12)26(15)23-16/h3-6,11-12H,1-2,7-10H2. The summed E-state index contributed by atoms with van der Waals surface area (Å²) in [5.74, 6) is 2.32. The minimum absolute atomic E-state index is 0.0166. The molecule has 1 aliphatic carbocycles. The predicted molar refractivity (Wildman–Crippen MR) is 100 cm³/mol. The van der Waals surface area contributed by atoms with Crippen LogP contribution in [0.3, 0.4) is 0 Å². The number of pyridine rings is 1. The molecule has 5 rings (SSSR count). The fourth-order valence-electron chi connectivity index (χ4n) is 3.38. The van der Waals surface area contributed by atoms with E-state index in [1.54, 1.807) is 12.1 Å². The summed E-state index contributed by atoms with van der Waals surface area (Å²) in [7, 11) is 0. The van der Waals surface area contributed by atoms with Gasteiger partial charge < -0.3 is 9.80 Å². The number of rotatable bonds is 3. The number of carbonyl (C=O) groups is 1. The van der Waals surface area contributed by atoms with Gasteiger partial charge in [0.1, 0.15) is 11.0 Å². The highest BCUT2D eigenvalue weighted by molar-refractivity contribution is 6.29. The molecule has 0 N–H and O–H groups in total. The first-order chi connectivity index (χ1) is 13.2.